The fraction of sp³-hybridized carbons (Fsp3) is 0.385. The van der Waals surface area contributed by atoms with Crippen LogP contribution in [0, 0.1) is 11.3 Å². The molecule has 2 aliphatic heterocycles. The molecule has 9 heteroatoms. The van der Waals surface area contributed by atoms with Gasteiger partial charge in [0.15, 0.2) is 0 Å². The molecular formula is C26H28N6O3. The number of anilines is 3. The summed E-state index contributed by atoms with van der Waals surface area (Å²) in [6, 6.07) is 13.5. The van der Waals surface area contributed by atoms with Crippen molar-refractivity contribution in [3.05, 3.63) is 54.4 Å². The second-order valence-electron chi connectivity index (χ2n) is 8.72. The van der Waals surface area contributed by atoms with Crippen molar-refractivity contribution in [2.24, 2.45) is 0 Å². The van der Waals surface area contributed by atoms with E-state index in [9.17, 15) is 10.4 Å². The van der Waals surface area contributed by atoms with E-state index in [4.69, 9.17) is 9.47 Å². The molecule has 0 aliphatic carbocycles. The predicted molar refractivity (Wildman–Crippen MR) is 132 cm³/mol. The molecule has 3 aromatic rings. The van der Waals surface area contributed by atoms with Gasteiger partial charge in [-0.15, -0.1) is 0 Å². The molecule has 0 amide bonds. The van der Waals surface area contributed by atoms with Crippen molar-refractivity contribution >= 4 is 17.5 Å². The summed E-state index contributed by atoms with van der Waals surface area (Å²) in [7, 11) is 0. The number of aliphatic hydroxyl groups is 1. The third kappa shape index (κ3) is 5.34. The fourth-order valence-corrected chi connectivity index (χ4v) is 4.54. The van der Waals surface area contributed by atoms with Gasteiger partial charge in [-0.1, -0.05) is 0 Å². The summed E-state index contributed by atoms with van der Waals surface area (Å²) < 4.78 is 11.5. The molecule has 2 saturated heterocycles. The number of hydrogen-bond donors (Lipinski definition) is 2. The lowest BCUT2D eigenvalue weighted by Crippen LogP contribution is -2.32. The van der Waals surface area contributed by atoms with Crippen LogP contribution in [0.3, 0.4) is 0 Å². The van der Waals surface area contributed by atoms with Crippen molar-refractivity contribution in [2.75, 3.05) is 36.6 Å². The zero-order valence-corrected chi connectivity index (χ0v) is 19.4. The van der Waals surface area contributed by atoms with E-state index in [1.807, 2.05) is 30.3 Å². The summed E-state index contributed by atoms with van der Waals surface area (Å²) in [6.07, 6.45) is 7.14. The quantitative estimate of drug-likeness (QED) is 0.531. The summed E-state index contributed by atoms with van der Waals surface area (Å²) in [5, 5.41) is 22.6. The normalized spacial score (nSPS) is 18.3. The first-order valence-electron chi connectivity index (χ1n) is 12.0. The highest BCUT2D eigenvalue weighted by Crippen LogP contribution is 2.29. The molecule has 0 bridgehead atoms. The largest absolute Gasteiger partial charge is 0.489 e. The van der Waals surface area contributed by atoms with Gasteiger partial charge in [0, 0.05) is 49.1 Å². The van der Waals surface area contributed by atoms with E-state index < -0.39 is 0 Å². The van der Waals surface area contributed by atoms with Crippen LogP contribution in [-0.4, -0.2) is 58.6 Å². The molecule has 0 spiro atoms. The second-order valence-corrected chi connectivity index (χ2v) is 8.72. The maximum absolute atomic E-state index is 9.70. The molecule has 0 unspecified atom stereocenters. The molecule has 0 radical (unpaired) electrons. The molecule has 2 aliphatic rings. The van der Waals surface area contributed by atoms with E-state index in [1.165, 1.54) is 0 Å². The first-order valence-corrected chi connectivity index (χ1v) is 12.0. The molecule has 9 nitrogen and oxygen atoms in total. The minimum Gasteiger partial charge on any atom is -0.489 e. The molecule has 35 heavy (non-hydrogen) atoms. The van der Waals surface area contributed by atoms with E-state index in [-0.39, 0.29) is 18.8 Å². The van der Waals surface area contributed by atoms with Crippen LogP contribution in [0.1, 0.15) is 31.2 Å². The van der Waals surface area contributed by atoms with Crippen molar-refractivity contribution in [3.8, 4) is 23.1 Å². The first kappa shape index (κ1) is 23.0. The number of aromatic nitrogens is 3. The summed E-state index contributed by atoms with van der Waals surface area (Å²) in [5.41, 5.74) is 2.80. The molecule has 180 valence electrons. The second kappa shape index (κ2) is 10.7. The Bertz CT molecular complexity index is 1210. The fourth-order valence-electron chi connectivity index (χ4n) is 4.54. The Kier molecular flexibility index (Phi) is 7.02. The Hall–Kier alpha value is -3.74. The number of aliphatic hydroxyl groups excluding tert-OH is 1. The Morgan fingerprint density at radius 2 is 1.97 bits per heavy atom. The highest BCUT2D eigenvalue weighted by molar-refractivity contribution is 5.66. The van der Waals surface area contributed by atoms with Gasteiger partial charge < -0.3 is 24.8 Å². The third-order valence-electron chi connectivity index (χ3n) is 6.40. The lowest BCUT2D eigenvalue weighted by molar-refractivity contribution is 0.0254. The van der Waals surface area contributed by atoms with Gasteiger partial charge in [0.05, 0.1) is 37.1 Å². The highest BCUT2D eigenvalue weighted by atomic mass is 16.5. The van der Waals surface area contributed by atoms with Gasteiger partial charge in [0.1, 0.15) is 23.7 Å². The van der Waals surface area contributed by atoms with Gasteiger partial charge in [-0.25, -0.2) is 15.0 Å². The van der Waals surface area contributed by atoms with Crippen LogP contribution in [0.15, 0.2) is 48.8 Å². The van der Waals surface area contributed by atoms with Gasteiger partial charge in [-0.05, 0) is 43.2 Å². The summed E-state index contributed by atoms with van der Waals surface area (Å²) in [6.45, 7) is 2.36. The Balaban J connectivity index is 1.33. The molecule has 4 heterocycles. The number of nitrogens with one attached hydrogen (secondary N) is 1. The van der Waals surface area contributed by atoms with Crippen LogP contribution >= 0.6 is 0 Å². The lowest BCUT2D eigenvalue weighted by atomic mass is 10.1. The molecule has 2 aromatic heterocycles. The topological polar surface area (TPSA) is 116 Å². The van der Waals surface area contributed by atoms with Crippen LogP contribution in [0.25, 0.3) is 11.3 Å². The molecule has 2 N–H and O–H groups in total. The van der Waals surface area contributed by atoms with Gasteiger partial charge >= 0.3 is 0 Å². The average molecular weight is 473 g/mol. The van der Waals surface area contributed by atoms with Crippen LogP contribution in [0.5, 0.6) is 5.75 Å². The number of rotatable bonds is 7. The molecule has 1 aromatic carbocycles. The SMILES string of the molecule is N#Cc1cc(-c2ccnc(Nc3ccnc(N4CCC[C@H]4CO)c3)n2)ccc1OC1CCOCC1. The molecule has 0 saturated carbocycles. The Morgan fingerprint density at radius 3 is 2.80 bits per heavy atom. The summed E-state index contributed by atoms with van der Waals surface area (Å²) in [5.74, 6) is 1.85. The van der Waals surface area contributed by atoms with E-state index in [0.29, 0.717) is 36.2 Å². The van der Waals surface area contributed by atoms with Crippen molar-refractivity contribution in [1.29, 1.82) is 5.26 Å². The zero-order valence-electron chi connectivity index (χ0n) is 19.4. The Morgan fingerprint density at radius 1 is 1.11 bits per heavy atom. The zero-order chi connectivity index (χ0) is 24.0. The van der Waals surface area contributed by atoms with Crippen LogP contribution in [-0.2, 0) is 4.74 Å². The van der Waals surface area contributed by atoms with E-state index in [0.717, 1.165) is 49.3 Å². The number of nitrogens with zero attached hydrogens (tertiary/aromatic N) is 5. The monoisotopic (exact) mass is 472 g/mol. The minimum atomic E-state index is 0.0648. The molecule has 5 rings (SSSR count). The summed E-state index contributed by atoms with van der Waals surface area (Å²) >= 11 is 0. The average Bonchev–Trinajstić information content (AvgIpc) is 3.39. The van der Waals surface area contributed by atoms with Gasteiger partial charge in [-0.2, -0.15) is 5.26 Å². The van der Waals surface area contributed by atoms with Gasteiger partial charge in [0.2, 0.25) is 5.95 Å². The van der Waals surface area contributed by atoms with E-state index in [1.54, 1.807) is 18.5 Å². The highest BCUT2D eigenvalue weighted by Gasteiger charge is 2.25. The number of benzene rings is 1. The maximum atomic E-state index is 9.70. The number of ether oxygens (including phenoxy) is 2. The maximum Gasteiger partial charge on any atom is 0.227 e. The number of pyridine rings is 1. The van der Waals surface area contributed by atoms with E-state index in [2.05, 4.69) is 31.2 Å². The summed E-state index contributed by atoms with van der Waals surface area (Å²) in [4.78, 5) is 15.6. The van der Waals surface area contributed by atoms with Crippen molar-refractivity contribution in [1.82, 2.24) is 15.0 Å². The minimum absolute atomic E-state index is 0.0648. The Labute approximate surface area is 204 Å². The van der Waals surface area contributed by atoms with Crippen LogP contribution in [0.4, 0.5) is 17.5 Å². The molecular weight excluding hydrogens is 444 g/mol. The predicted octanol–water partition coefficient (Wildman–Crippen LogP) is 3.67. The van der Waals surface area contributed by atoms with Crippen molar-refractivity contribution in [2.45, 2.75) is 37.8 Å². The van der Waals surface area contributed by atoms with Crippen molar-refractivity contribution in [3.63, 3.8) is 0 Å². The molecule has 1 atom stereocenters. The number of hydrogen-bond acceptors (Lipinski definition) is 9. The van der Waals surface area contributed by atoms with Crippen molar-refractivity contribution < 1.29 is 14.6 Å². The smallest absolute Gasteiger partial charge is 0.227 e. The number of nitriles is 1. The third-order valence-corrected chi connectivity index (χ3v) is 6.40. The van der Waals surface area contributed by atoms with Gasteiger partial charge in [0.25, 0.3) is 0 Å². The van der Waals surface area contributed by atoms with E-state index >= 15 is 0 Å². The first-order chi connectivity index (χ1) is 17.2. The standard InChI is InChI=1S/C26H28N6O3/c27-16-19-14-18(3-4-24(19)35-22-7-12-34-13-8-22)23-6-10-29-26(31-23)30-20-5-9-28-25(15-20)32-11-1-2-21(32)17-33/h3-6,9-10,14-15,21-22,33H,1-2,7-8,11-13,17H2,(H,28,29,30,31)/t21-/m0/s1. The van der Waals surface area contributed by atoms with Gasteiger partial charge in [-0.3, -0.25) is 0 Å². The lowest BCUT2D eigenvalue weighted by Gasteiger charge is -2.24. The molecule has 2 fully saturated rings. The van der Waals surface area contributed by atoms with Crippen LogP contribution in [0.2, 0.25) is 0 Å². The van der Waals surface area contributed by atoms with Crippen LogP contribution < -0.4 is 15.0 Å².